The number of fused-ring (bicyclic) bond motifs is 3. The Hall–Kier alpha value is -5.73. The highest BCUT2D eigenvalue weighted by atomic mass is 19.1. The number of carbonyl (C=O) groups excluding carboxylic acids is 5. The fourth-order valence-corrected chi connectivity index (χ4v) is 9.25. The summed E-state index contributed by atoms with van der Waals surface area (Å²) in [6, 6.07) is 6.93. The van der Waals surface area contributed by atoms with Crippen LogP contribution in [0.15, 0.2) is 53.7 Å². The van der Waals surface area contributed by atoms with Crippen molar-refractivity contribution in [3.63, 3.8) is 0 Å². The van der Waals surface area contributed by atoms with Gasteiger partial charge in [-0.15, -0.1) is 0 Å². The van der Waals surface area contributed by atoms with Crippen molar-refractivity contribution in [3.8, 4) is 17.2 Å². The minimum Gasteiger partial charge on any atom is -0.507 e. The largest absolute Gasteiger partial charge is 0.507 e. The summed E-state index contributed by atoms with van der Waals surface area (Å²) in [5.41, 5.74) is -3.06. The van der Waals surface area contributed by atoms with E-state index in [1.165, 1.54) is 31.4 Å². The molecule has 3 aromatic rings. The number of morpholine rings is 1. The molecule has 0 spiro atoms. The van der Waals surface area contributed by atoms with E-state index in [0.717, 1.165) is 24.3 Å². The molecule has 326 valence electrons. The second-order valence-corrected chi connectivity index (χ2v) is 16.1. The zero-order valence-electron chi connectivity index (χ0n) is 33.8. The summed E-state index contributed by atoms with van der Waals surface area (Å²) in [6.45, 7) is 3.95. The van der Waals surface area contributed by atoms with Crippen molar-refractivity contribution in [3.05, 3.63) is 98.9 Å². The quantitative estimate of drug-likeness (QED) is 0.0609. The molecule has 0 radical (unpaired) electrons. The lowest BCUT2D eigenvalue weighted by molar-refractivity contribution is -0.260. The molecule has 1 unspecified atom stereocenters. The first-order valence-corrected chi connectivity index (χ1v) is 20.0. The minimum atomic E-state index is -2.34. The fourth-order valence-electron chi connectivity index (χ4n) is 9.25. The summed E-state index contributed by atoms with van der Waals surface area (Å²) >= 11 is 0. The summed E-state index contributed by atoms with van der Waals surface area (Å²) in [5.74, 6) is -7.68. The van der Waals surface area contributed by atoms with Crippen LogP contribution in [-0.4, -0.2) is 135 Å². The molecular formula is C44H44FN3O14. The normalized spacial score (nSPS) is 27.8. The number of aromatic hydroxyl groups is 2. The lowest BCUT2D eigenvalue weighted by Crippen LogP contribution is -2.59. The van der Waals surface area contributed by atoms with Crippen molar-refractivity contribution >= 4 is 34.8 Å². The first-order chi connectivity index (χ1) is 29.6. The van der Waals surface area contributed by atoms with Crippen LogP contribution in [0.4, 0.5) is 4.39 Å². The first kappa shape index (κ1) is 42.9. The lowest BCUT2D eigenvalue weighted by Gasteiger charge is -2.47. The number of methoxy groups -OCH3 is 1. The van der Waals surface area contributed by atoms with Crippen molar-refractivity contribution in [2.45, 2.75) is 81.4 Å². The third-order valence-corrected chi connectivity index (χ3v) is 12.3. The third kappa shape index (κ3) is 7.30. The molecule has 2 heterocycles. The van der Waals surface area contributed by atoms with E-state index in [1.807, 2.05) is 11.8 Å². The van der Waals surface area contributed by atoms with Crippen molar-refractivity contribution < 1.29 is 72.8 Å². The second kappa shape index (κ2) is 16.5. The summed E-state index contributed by atoms with van der Waals surface area (Å²) in [4.78, 5) is 68.4. The van der Waals surface area contributed by atoms with E-state index in [9.17, 15) is 49.5 Å². The molecule has 8 rings (SSSR count). The van der Waals surface area contributed by atoms with Crippen molar-refractivity contribution in [2.75, 3.05) is 33.4 Å². The number of carbonyl (C=O) groups is 5. The lowest BCUT2D eigenvalue weighted by atomic mass is 9.71. The van der Waals surface area contributed by atoms with Gasteiger partial charge in [-0.05, 0) is 49.8 Å². The molecule has 6 N–H and O–H groups in total. The summed E-state index contributed by atoms with van der Waals surface area (Å²) < 4.78 is 38.8. The Morgan fingerprint density at radius 3 is 2.45 bits per heavy atom. The second-order valence-electron chi connectivity index (χ2n) is 16.1. The Balaban J connectivity index is 1.18. The number of nitrogens with zero attached hydrogens (tertiary/aromatic N) is 2. The number of amides is 1. The van der Waals surface area contributed by atoms with Gasteiger partial charge in [-0.1, -0.05) is 18.2 Å². The molecule has 17 nitrogen and oxygen atoms in total. The van der Waals surface area contributed by atoms with Gasteiger partial charge in [0.05, 0.1) is 72.7 Å². The fraction of sp³-hybridized carbons (Fsp3) is 0.409. The number of benzene rings is 3. The molecular weight excluding hydrogens is 813 g/mol. The number of aliphatic hydroxyl groups excluding tert-OH is 2. The minimum absolute atomic E-state index is 0.0480. The number of ether oxygens (including phenoxy) is 4. The van der Waals surface area contributed by atoms with Crippen LogP contribution in [0.3, 0.4) is 0 Å². The van der Waals surface area contributed by atoms with Gasteiger partial charge in [-0.3, -0.25) is 28.9 Å². The van der Waals surface area contributed by atoms with E-state index in [1.54, 1.807) is 6.92 Å². The Bertz CT molecular complexity index is 2450. The molecule has 7 atom stereocenters. The van der Waals surface area contributed by atoms with Crippen molar-refractivity contribution in [2.24, 2.45) is 5.10 Å². The van der Waals surface area contributed by atoms with Gasteiger partial charge in [0, 0.05) is 55.1 Å². The molecule has 1 amide bonds. The van der Waals surface area contributed by atoms with Gasteiger partial charge >= 0.3 is 0 Å². The average molecular weight is 858 g/mol. The van der Waals surface area contributed by atoms with Gasteiger partial charge in [-0.2, -0.15) is 5.10 Å². The Morgan fingerprint density at radius 2 is 1.76 bits per heavy atom. The maximum absolute atomic E-state index is 15.1. The molecule has 0 aromatic heterocycles. The summed E-state index contributed by atoms with van der Waals surface area (Å²) in [7, 11) is 1.31. The zero-order valence-corrected chi connectivity index (χ0v) is 33.8. The highest BCUT2D eigenvalue weighted by molar-refractivity contribution is 6.31. The van der Waals surface area contributed by atoms with Gasteiger partial charge in [0.1, 0.15) is 34.6 Å². The molecule has 2 aliphatic heterocycles. The molecule has 18 heteroatoms. The van der Waals surface area contributed by atoms with Gasteiger partial charge in [-0.25, -0.2) is 9.82 Å². The number of hydrogen-bond acceptors (Lipinski definition) is 16. The van der Waals surface area contributed by atoms with Gasteiger partial charge in [0.25, 0.3) is 5.91 Å². The number of halogens is 1. The van der Waals surface area contributed by atoms with Crippen LogP contribution >= 0.6 is 0 Å². The first-order valence-electron chi connectivity index (χ1n) is 20.0. The van der Waals surface area contributed by atoms with E-state index in [0.29, 0.717) is 19.7 Å². The van der Waals surface area contributed by atoms with Crippen LogP contribution in [0, 0.1) is 5.82 Å². The smallest absolute Gasteiger partial charge is 0.274 e. The predicted octanol–water partition coefficient (Wildman–Crippen LogP) is 1.91. The Kier molecular flexibility index (Phi) is 11.4. The van der Waals surface area contributed by atoms with Gasteiger partial charge in [0.2, 0.25) is 5.78 Å². The summed E-state index contributed by atoms with van der Waals surface area (Å²) in [6.07, 6.45) is -3.43. The van der Waals surface area contributed by atoms with Crippen LogP contribution in [0.2, 0.25) is 0 Å². The highest BCUT2D eigenvalue weighted by Gasteiger charge is 2.50. The Morgan fingerprint density at radius 1 is 1.03 bits per heavy atom. The van der Waals surface area contributed by atoms with E-state index in [2.05, 4.69) is 10.5 Å². The van der Waals surface area contributed by atoms with Gasteiger partial charge in [0.15, 0.2) is 23.6 Å². The molecule has 0 saturated carbocycles. The van der Waals surface area contributed by atoms with Crippen molar-refractivity contribution in [1.82, 2.24) is 10.3 Å². The van der Waals surface area contributed by atoms with E-state index in [-0.39, 0.29) is 46.1 Å². The van der Waals surface area contributed by atoms with E-state index >= 15 is 4.39 Å². The number of aliphatic hydroxyl groups is 3. The maximum Gasteiger partial charge on any atom is 0.274 e. The topological polar surface area (TPSA) is 251 Å². The van der Waals surface area contributed by atoms with Crippen LogP contribution in [0.25, 0.3) is 0 Å². The van der Waals surface area contributed by atoms with Gasteiger partial charge < -0.3 is 44.5 Å². The Labute approximate surface area is 353 Å². The van der Waals surface area contributed by atoms with Crippen LogP contribution in [-0.2, 0) is 30.2 Å². The van der Waals surface area contributed by atoms with Crippen LogP contribution in [0.1, 0.15) is 97.6 Å². The SMILES string of the molecule is COc1cccc2c1C(=O)c1c(O)c3c(c(O)c1C2=O)C[C@@](O)(/C(CO)=N/NC(=O)c1cc(C2C(=O)C=CC2=O)ccc1F)C[C@@H]3O[C@H]1CC(N2CCO[C@H](C)C2)[C@H](O)[C@H](C)O1. The number of phenolic OH excluding ortho intramolecular Hbond substituents is 2. The summed E-state index contributed by atoms with van der Waals surface area (Å²) in [5, 5.41) is 62.4. The number of hydrogen-bond donors (Lipinski definition) is 6. The molecule has 5 aliphatic rings. The van der Waals surface area contributed by atoms with E-state index < -0.39 is 130 Å². The molecule has 2 saturated heterocycles. The number of nitrogens with one attached hydrogen (secondary N) is 1. The molecule has 62 heavy (non-hydrogen) atoms. The van der Waals surface area contributed by atoms with Crippen LogP contribution in [0.5, 0.6) is 17.2 Å². The number of hydrazone groups is 1. The number of rotatable bonds is 9. The van der Waals surface area contributed by atoms with Crippen LogP contribution < -0.4 is 10.2 Å². The molecule has 3 aliphatic carbocycles. The number of allylic oxidation sites excluding steroid dienone is 2. The monoisotopic (exact) mass is 857 g/mol. The average Bonchev–Trinajstić information content (AvgIpc) is 3.58. The number of ketones is 4. The zero-order chi connectivity index (χ0) is 44.4. The number of phenols is 2. The molecule has 0 bridgehead atoms. The van der Waals surface area contributed by atoms with E-state index in [4.69, 9.17) is 18.9 Å². The predicted molar refractivity (Wildman–Crippen MR) is 213 cm³/mol. The maximum atomic E-state index is 15.1. The molecule has 2 fully saturated rings. The van der Waals surface area contributed by atoms with Crippen molar-refractivity contribution in [1.29, 1.82) is 0 Å². The third-order valence-electron chi connectivity index (χ3n) is 12.3. The molecule has 3 aromatic carbocycles. The standard InChI is InChI=1S/C44H44FN3O14/c1-19-17-48(11-12-60-19)26-14-32(61-20(2)38(26)52)62-30-16-44(58,31(18-49)46-47-43(57)23-13-21(7-8-25(23)45)33-27(50)9-10-28(33)51)15-24-35(30)42(56)37-36(40(24)54)39(53)22-5-4-6-29(59-3)34(22)41(37)55/h4-10,13,19-20,26,30,32-33,38,49,52,54,56,58H,11-12,14-18H2,1-3H3,(H,47,57)/b46-31+/t19-,20+,26?,30+,32+,38-,44+/m1/s1. The highest BCUT2D eigenvalue weighted by Crippen LogP contribution is 2.53.